The zero-order chi connectivity index (χ0) is 13.6. The number of aromatic nitrogens is 3. The SMILES string of the molecule is Cc1ccnc2c1[nH]c(=S)n2CC(C)N(C)C1CC1. The maximum Gasteiger partial charge on any atom is 0.179 e. The number of hydrogen-bond acceptors (Lipinski definition) is 3. The van der Waals surface area contributed by atoms with E-state index in [2.05, 4.69) is 40.3 Å². The molecule has 1 aliphatic carbocycles. The normalized spacial score (nSPS) is 17.3. The molecule has 1 saturated carbocycles. The second-order valence-electron chi connectivity index (χ2n) is 5.61. The Bertz CT molecular complexity index is 653. The van der Waals surface area contributed by atoms with Gasteiger partial charge in [-0.25, -0.2) is 4.98 Å². The molecule has 102 valence electrons. The molecule has 1 unspecified atom stereocenters. The molecule has 2 aromatic heterocycles. The quantitative estimate of drug-likeness (QED) is 0.872. The van der Waals surface area contributed by atoms with Crippen molar-refractivity contribution in [1.82, 2.24) is 19.4 Å². The molecule has 0 radical (unpaired) electrons. The van der Waals surface area contributed by atoms with Gasteiger partial charge in [0.15, 0.2) is 10.4 Å². The molecule has 1 atom stereocenters. The molecule has 3 rings (SSSR count). The van der Waals surface area contributed by atoms with E-state index in [0.717, 1.165) is 28.5 Å². The van der Waals surface area contributed by atoms with Gasteiger partial charge in [-0.3, -0.25) is 9.47 Å². The lowest BCUT2D eigenvalue weighted by molar-refractivity contribution is 0.226. The van der Waals surface area contributed by atoms with Gasteiger partial charge in [0.05, 0.1) is 5.52 Å². The van der Waals surface area contributed by atoms with Crippen molar-refractivity contribution in [3.05, 3.63) is 22.6 Å². The van der Waals surface area contributed by atoms with Crippen LogP contribution in [0.1, 0.15) is 25.3 Å². The Labute approximate surface area is 118 Å². The zero-order valence-corrected chi connectivity index (χ0v) is 12.5. The summed E-state index contributed by atoms with van der Waals surface area (Å²) < 4.78 is 2.90. The number of nitrogens with one attached hydrogen (secondary N) is 1. The fourth-order valence-electron chi connectivity index (χ4n) is 2.58. The summed E-state index contributed by atoms with van der Waals surface area (Å²) in [5, 5.41) is 0. The molecule has 1 aliphatic rings. The van der Waals surface area contributed by atoms with Gasteiger partial charge in [-0.15, -0.1) is 0 Å². The van der Waals surface area contributed by atoms with Crippen molar-refractivity contribution in [3.63, 3.8) is 0 Å². The average Bonchev–Trinajstić information content (AvgIpc) is 3.17. The lowest BCUT2D eigenvalue weighted by atomic mass is 10.2. The summed E-state index contributed by atoms with van der Waals surface area (Å²) in [6.45, 7) is 5.23. The maximum atomic E-state index is 5.45. The van der Waals surface area contributed by atoms with Gasteiger partial charge >= 0.3 is 0 Å². The highest BCUT2D eigenvalue weighted by Gasteiger charge is 2.29. The molecule has 4 nitrogen and oxygen atoms in total. The predicted octanol–water partition coefficient (Wildman–Crippen LogP) is 2.89. The highest BCUT2D eigenvalue weighted by molar-refractivity contribution is 7.71. The van der Waals surface area contributed by atoms with Crippen LogP contribution >= 0.6 is 12.2 Å². The van der Waals surface area contributed by atoms with Crippen LogP contribution in [-0.2, 0) is 6.54 Å². The van der Waals surface area contributed by atoms with Gasteiger partial charge in [0.2, 0.25) is 0 Å². The van der Waals surface area contributed by atoms with E-state index in [1.165, 1.54) is 18.4 Å². The number of aryl methyl sites for hydroxylation is 1. The van der Waals surface area contributed by atoms with E-state index in [9.17, 15) is 0 Å². The van der Waals surface area contributed by atoms with Crippen LogP contribution in [0, 0.1) is 11.7 Å². The van der Waals surface area contributed by atoms with Crippen LogP contribution in [0.2, 0.25) is 0 Å². The van der Waals surface area contributed by atoms with Crippen molar-refractivity contribution in [2.45, 2.75) is 45.3 Å². The molecule has 1 fully saturated rings. The van der Waals surface area contributed by atoms with Gasteiger partial charge in [0, 0.05) is 24.8 Å². The summed E-state index contributed by atoms with van der Waals surface area (Å²) in [5.41, 5.74) is 3.23. The second-order valence-corrected chi connectivity index (χ2v) is 6.00. The number of fused-ring (bicyclic) bond motifs is 1. The highest BCUT2D eigenvalue weighted by Crippen LogP contribution is 2.27. The number of hydrogen-bond donors (Lipinski definition) is 1. The first-order chi connectivity index (χ1) is 9.08. The molecule has 1 N–H and O–H groups in total. The molecule has 2 aromatic rings. The van der Waals surface area contributed by atoms with E-state index in [1.54, 1.807) is 0 Å². The van der Waals surface area contributed by atoms with Gasteiger partial charge in [-0.05, 0) is 57.6 Å². The largest absolute Gasteiger partial charge is 0.329 e. The lowest BCUT2D eigenvalue weighted by Crippen LogP contribution is -2.34. The molecular formula is C14H20N4S. The fourth-order valence-corrected chi connectivity index (χ4v) is 2.84. The Morgan fingerprint density at radius 1 is 1.58 bits per heavy atom. The van der Waals surface area contributed by atoms with Gasteiger partial charge in [-0.2, -0.15) is 0 Å². The van der Waals surface area contributed by atoms with Crippen LogP contribution in [0.4, 0.5) is 0 Å². The second kappa shape index (κ2) is 4.72. The standard InChI is InChI=1S/C14H20N4S/c1-9-6-7-15-13-12(9)16-14(19)18(13)8-10(2)17(3)11-4-5-11/h6-7,10-11H,4-5,8H2,1-3H3,(H,16,19). The van der Waals surface area contributed by atoms with E-state index in [4.69, 9.17) is 12.2 Å². The first kappa shape index (κ1) is 12.8. The van der Waals surface area contributed by atoms with Crippen molar-refractivity contribution in [2.24, 2.45) is 0 Å². The summed E-state index contributed by atoms with van der Waals surface area (Å²) >= 11 is 5.45. The van der Waals surface area contributed by atoms with Crippen LogP contribution in [0.3, 0.4) is 0 Å². The molecule has 0 spiro atoms. The summed E-state index contributed by atoms with van der Waals surface area (Å²) in [6, 6.07) is 3.25. The van der Waals surface area contributed by atoms with Gasteiger partial charge in [-0.1, -0.05) is 0 Å². The molecular weight excluding hydrogens is 256 g/mol. The number of rotatable bonds is 4. The minimum Gasteiger partial charge on any atom is -0.329 e. The Kier molecular flexibility index (Phi) is 3.19. The van der Waals surface area contributed by atoms with Crippen LogP contribution in [0.5, 0.6) is 0 Å². The van der Waals surface area contributed by atoms with Crippen molar-refractivity contribution < 1.29 is 0 Å². The molecule has 0 bridgehead atoms. The minimum atomic E-state index is 0.473. The van der Waals surface area contributed by atoms with Gasteiger partial charge in [0.1, 0.15) is 0 Å². The number of imidazole rings is 1. The summed E-state index contributed by atoms with van der Waals surface area (Å²) in [6.07, 6.45) is 4.51. The van der Waals surface area contributed by atoms with Crippen LogP contribution in [-0.4, -0.2) is 38.6 Å². The zero-order valence-electron chi connectivity index (χ0n) is 11.7. The van der Waals surface area contributed by atoms with Gasteiger partial charge < -0.3 is 4.98 Å². The summed E-state index contributed by atoms with van der Waals surface area (Å²) in [7, 11) is 2.21. The fraction of sp³-hybridized carbons (Fsp3) is 0.571. The number of likely N-dealkylation sites (N-methyl/N-ethyl adjacent to an activating group) is 1. The van der Waals surface area contributed by atoms with Crippen molar-refractivity contribution in [1.29, 1.82) is 0 Å². The molecule has 0 aromatic carbocycles. The molecule has 19 heavy (non-hydrogen) atoms. The summed E-state index contributed by atoms with van der Waals surface area (Å²) in [5.74, 6) is 0. The molecule has 5 heteroatoms. The third-order valence-electron chi connectivity index (χ3n) is 4.14. The van der Waals surface area contributed by atoms with Crippen LogP contribution in [0.15, 0.2) is 12.3 Å². The Morgan fingerprint density at radius 3 is 3.00 bits per heavy atom. The Balaban J connectivity index is 1.94. The molecule has 0 aliphatic heterocycles. The number of H-pyrrole nitrogens is 1. The van der Waals surface area contributed by atoms with Crippen molar-refractivity contribution in [2.75, 3.05) is 7.05 Å². The van der Waals surface area contributed by atoms with Gasteiger partial charge in [0.25, 0.3) is 0 Å². The average molecular weight is 276 g/mol. The monoisotopic (exact) mass is 276 g/mol. The number of pyridine rings is 1. The third kappa shape index (κ3) is 2.32. The van der Waals surface area contributed by atoms with E-state index in [1.807, 2.05) is 12.3 Å². The van der Waals surface area contributed by atoms with E-state index < -0.39 is 0 Å². The van der Waals surface area contributed by atoms with Crippen LogP contribution < -0.4 is 0 Å². The van der Waals surface area contributed by atoms with Crippen LogP contribution in [0.25, 0.3) is 11.2 Å². The lowest BCUT2D eigenvalue weighted by Gasteiger charge is -2.24. The number of nitrogens with zero attached hydrogens (tertiary/aromatic N) is 3. The Morgan fingerprint density at radius 2 is 2.32 bits per heavy atom. The smallest absolute Gasteiger partial charge is 0.179 e. The Hall–Kier alpha value is -1.20. The first-order valence-electron chi connectivity index (χ1n) is 6.84. The maximum absolute atomic E-state index is 5.45. The van der Waals surface area contributed by atoms with E-state index in [-0.39, 0.29) is 0 Å². The topological polar surface area (TPSA) is 36.9 Å². The predicted molar refractivity (Wildman–Crippen MR) is 79.9 cm³/mol. The van der Waals surface area contributed by atoms with E-state index in [0.29, 0.717) is 6.04 Å². The van der Waals surface area contributed by atoms with E-state index >= 15 is 0 Å². The third-order valence-corrected chi connectivity index (χ3v) is 4.46. The first-order valence-corrected chi connectivity index (χ1v) is 7.25. The summed E-state index contributed by atoms with van der Waals surface area (Å²) in [4.78, 5) is 10.2. The molecule has 0 saturated heterocycles. The van der Waals surface area contributed by atoms with Crippen molar-refractivity contribution >= 4 is 23.4 Å². The molecule has 0 amide bonds. The highest BCUT2D eigenvalue weighted by atomic mass is 32.1. The van der Waals surface area contributed by atoms with Crippen molar-refractivity contribution in [3.8, 4) is 0 Å². The molecule has 2 heterocycles. The minimum absolute atomic E-state index is 0.473. The number of aromatic amines is 1.